The summed E-state index contributed by atoms with van der Waals surface area (Å²) in [4.78, 5) is 33.2. The van der Waals surface area contributed by atoms with E-state index in [1.54, 1.807) is 25.3 Å². The Labute approximate surface area is 221 Å². The zero-order valence-electron chi connectivity index (χ0n) is 21.4. The van der Waals surface area contributed by atoms with Crippen LogP contribution in [0.1, 0.15) is 48.1 Å². The molecule has 2 fully saturated rings. The van der Waals surface area contributed by atoms with Gasteiger partial charge in [-0.05, 0) is 38.3 Å². The number of rotatable bonds is 5. The summed E-state index contributed by atoms with van der Waals surface area (Å²) in [7, 11) is 0. The second kappa shape index (κ2) is 10.6. The van der Waals surface area contributed by atoms with Gasteiger partial charge >= 0.3 is 0 Å². The minimum Gasteiger partial charge on any atom is -0.420 e. The van der Waals surface area contributed by atoms with Crippen LogP contribution in [0.4, 0.5) is 11.6 Å². The van der Waals surface area contributed by atoms with Crippen molar-refractivity contribution in [1.29, 1.82) is 0 Å². The molecule has 37 heavy (non-hydrogen) atoms. The average Bonchev–Trinajstić information content (AvgIpc) is 3.34. The number of pyridine rings is 1. The van der Waals surface area contributed by atoms with Crippen molar-refractivity contribution in [2.45, 2.75) is 52.1 Å². The molecule has 2 N–H and O–H groups in total. The molecule has 0 saturated carbocycles. The molecule has 3 aromatic heterocycles. The molecule has 0 aliphatic carbocycles. The molecule has 0 bridgehead atoms. The van der Waals surface area contributed by atoms with Gasteiger partial charge in [-0.25, -0.2) is 15.0 Å². The molecule has 2 saturated heterocycles. The van der Waals surface area contributed by atoms with E-state index in [-0.39, 0.29) is 16.9 Å². The van der Waals surface area contributed by atoms with Crippen molar-refractivity contribution < 1.29 is 9.21 Å². The van der Waals surface area contributed by atoms with Gasteiger partial charge in [0.05, 0.1) is 17.5 Å². The Morgan fingerprint density at radius 2 is 1.92 bits per heavy atom. The van der Waals surface area contributed by atoms with Gasteiger partial charge in [-0.2, -0.15) is 0 Å². The molecule has 1 amide bonds. The number of anilines is 2. The average molecular weight is 526 g/mol. The van der Waals surface area contributed by atoms with E-state index >= 15 is 0 Å². The molecule has 5 heterocycles. The summed E-state index contributed by atoms with van der Waals surface area (Å²) in [5, 5.41) is 8.22. The number of piperidine rings is 1. The molecule has 5 rings (SSSR count). The monoisotopic (exact) mass is 525 g/mol. The van der Waals surface area contributed by atoms with E-state index in [0.29, 0.717) is 48.2 Å². The molecule has 196 valence electrons. The zero-order valence-corrected chi connectivity index (χ0v) is 22.1. The van der Waals surface area contributed by atoms with Crippen LogP contribution >= 0.6 is 11.6 Å². The minimum absolute atomic E-state index is 0.0786. The van der Waals surface area contributed by atoms with Gasteiger partial charge in [-0.1, -0.05) is 18.5 Å². The first-order valence-corrected chi connectivity index (χ1v) is 13.1. The Hall–Kier alpha value is -3.31. The number of nitrogens with two attached hydrogens (primary N) is 1. The molecular weight excluding hydrogens is 494 g/mol. The van der Waals surface area contributed by atoms with Crippen molar-refractivity contribution in [3.8, 4) is 11.6 Å². The number of aryl methyl sites for hydroxylation is 2. The number of halogens is 1. The van der Waals surface area contributed by atoms with Crippen molar-refractivity contribution in [3.05, 3.63) is 40.6 Å². The highest BCUT2D eigenvalue weighted by Crippen LogP contribution is 2.28. The number of likely N-dealkylation sites (tertiary alicyclic amines) is 1. The third-order valence-corrected chi connectivity index (χ3v) is 7.52. The number of aromatic nitrogens is 5. The highest BCUT2D eigenvalue weighted by Gasteiger charge is 2.35. The second-order valence-corrected chi connectivity index (χ2v) is 10.0. The van der Waals surface area contributed by atoms with Crippen LogP contribution in [-0.2, 0) is 0 Å². The maximum Gasteiger partial charge on any atom is 0.267 e. The van der Waals surface area contributed by atoms with Crippen molar-refractivity contribution >= 4 is 29.1 Å². The van der Waals surface area contributed by atoms with Gasteiger partial charge in [0, 0.05) is 51.7 Å². The smallest absolute Gasteiger partial charge is 0.267 e. The van der Waals surface area contributed by atoms with Gasteiger partial charge in [0.2, 0.25) is 5.89 Å². The molecule has 3 aromatic rings. The van der Waals surface area contributed by atoms with Crippen LogP contribution in [-0.4, -0.2) is 85.7 Å². The van der Waals surface area contributed by atoms with Crippen LogP contribution in [0.3, 0.4) is 0 Å². The van der Waals surface area contributed by atoms with E-state index in [9.17, 15) is 4.79 Å². The Morgan fingerprint density at radius 1 is 1.14 bits per heavy atom. The molecule has 2 aliphatic rings. The predicted molar refractivity (Wildman–Crippen MR) is 140 cm³/mol. The lowest BCUT2D eigenvalue weighted by Crippen LogP contribution is -2.59. The summed E-state index contributed by atoms with van der Waals surface area (Å²) in [5.74, 6) is 1.88. The highest BCUT2D eigenvalue weighted by atomic mass is 35.5. The lowest BCUT2D eigenvalue weighted by Gasteiger charge is -2.47. The van der Waals surface area contributed by atoms with Crippen molar-refractivity contribution in [1.82, 2.24) is 34.9 Å². The molecule has 0 radical (unpaired) electrons. The summed E-state index contributed by atoms with van der Waals surface area (Å²) in [6, 6.07) is 4.10. The van der Waals surface area contributed by atoms with Crippen LogP contribution in [0.25, 0.3) is 11.6 Å². The standard InChI is InChI=1S/C25H32ClN9O2/c1-4-17-14-34(23-15(2)29-20(13-28-23)24-32-31-16(3)37-24)11-12-35(17)18-7-9-33(10-8-18)25(36)19-5-6-21(26)30-22(19)27/h5-6,13,17-18H,4,7-12,14H2,1-3H3,(H2,27,30)/t17-/m0/s1. The SMILES string of the molecule is CC[C@H]1CN(c2ncc(-c3nnc(C)o3)nc2C)CCN1C1CCN(C(=O)c2ccc(Cl)nc2N)CC1. The van der Waals surface area contributed by atoms with Crippen molar-refractivity contribution in [3.63, 3.8) is 0 Å². The van der Waals surface area contributed by atoms with Crippen LogP contribution in [0.2, 0.25) is 5.15 Å². The van der Waals surface area contributed by atoms with E-state index < -0.39 is 0 Å². The molecule has 0 unspecified atom stereocenters. The number of amides is 1. The third kappa shape index (κ3) is 5.24. The molecule has 2 aliphatic heterocycles. The lowest BCUT2D eigenvalue weighted by atomic mass is 9.97. The Kier molecular flexibility index (Phi) is 7.25. The lowest BCUT2D eigenvalue weighted by molar-refractivity contribution is 0.0491. The normalized spacial score (nSPS) is 19.4. The van der Waals surface area contributed by atoms with Gasteiger partial charge in [0.1, 0.15) is 22.5 Å². The predicted octanol–water partition coefficient (Wildman–Crippen LogP) is 2.98. The van der Waals surface area contributed by atoms with Crippen molar-refractivity contribution in [2.24, 2.45) is 0 Å². The number of carbonyl (C=O) groups excluding carboxylic acids is 1. The first kappa shape index (κ1) is 25.3. The van der Waals surface area contributed by atoms with E-state index in [1.165, 1.54) is 0 Å². The largest absolute Gasteiger partial charge is 0.420 e. The number of hydrogen-bond acceptors (Lipinski definition) is 10. The quantitative estimate of drug-likeness (QED) is 0.496. The van der Waals surface area contributed by atoms with Gasteiger partial charge in [-0.15, -0.1) is 10.2 Å². The molecule has 11 nitrogen and oxygen atoms in total. The van der Waals surface area contributed by atoms with Crippen LogP contribution in [0.15, 0.2) is 22.7 Å². The maximum atomic E-state index is 13.0. The number of carbonyl (C=O) groups is 1. The Morgan fingerprint density at radius 3 is 2.57 bits per heavy atom. The zero-order chi connectivity index (χ0) is 26.1. The van der Waals surface area contributed by atoms with Gasteiger partial charge < -0.3 is 20.0 Å². The summed E-state index contributed by atoms with van der Waals surface area (Å²) in [5.41, 5.74) is 7.79. The molecule has 1 atom stereocenters. The number of piperazine rings is 1. The molecule has 0 spiro atoms. The number of nitrogens with zero attached hydrogens (tertiary/aromatic N) is 8. The molecule has 12 heteroatoms. The summed E-state index contributed by atoms with van der Waals surface area (Å²) >= 11 is 5.89. The fourth-order valence-corrected chi connectivity index (χ4v) is 5.55. The van der Waals surface area contributed by atoms with Gasteiger partial charge in [0.15, 0.2) is 0 Å². The van der Waals surface area contributed by atoms with E-state index in [1.807, 2.05) is 11.8 Å². The Balaban J connectivity index is 1.21. The Bertz CT molecular complexity index is 1270. The minimum atomic E-state index is -0.0786. The highest BCUT2D eigenvalue weighted by molar-refractivity contribution is 6.29. The fraction of sp³-hybridized carbons (Fsp3) is 0.520. The summed E-state index contributed by atoms with van der Waals surface area (Å²) in [6.45, 7) is 10.1. The fourth-order valence-electron chi connectivity index (χ4n) is 5.40. The van der Waals surface area contributed by atoms with E-state index in [0.717, 1.165) is 50.4 Å². The summed E-state index contributed by atoms with van der Waals surface area (Å²) in [6.07, 6.45) is 4.60. The van der Waals surface area contributed by atoms with Crippen molar-refractivity contribution in [2.75, 3.05) is 43.4 Å². The molecule has 0 aromatic carbocycles. The second-order valence-electron chi connectivity index (χ2n) is 9.63. The van der Waals surface area contributed by atoms with Gasteiger partial charge in [0.25, 0.3) is 11.8 Å². The van der Waals surface area contributed by atoms with Gasteiger partial charge in [-0.3, -0.25) is 9.69 Å². The van der Waals surface area contributed by atoms with Crippen LogP contribution in [0.5, 0.6) is 0 Å². The molecular formula is C25H32ClN9O2. The van der Waals surface area contributed by atoms with Crippen LogP contribution < -0.4 is 10.6 Å². The third-order valence-electron chi connectivity index (χ3n) is 7.31. The first-order valence-electron chi connectivity index (χ1n) is 12.7. The number of nitrogen functional groups attached to an aromatic ring is 1. The summed E-state index contributed by atoms with van der Waals surface area (Å²) < 4.78 is 5.50. The topological polar surface area (TPSA) is 130 Å². The number of hydrogen-bond donors (Lipinski definition) is 1. The van der Waals surface area contributed by atoms with E-state index in [2.05, 4.69) is 36.9 Å². The van der Waals surface area contributed by atoms with Crippen LogP contribution in [0, 0.1) is 13.8 Å². The first-order chi connectivity index (χ1) is 17.8. The maximum absolute atomic E-state index is 13.0. The van der Waals surface area contributed by atoms with E-state index in [4.69, 9.17) is 26.7 Å².